The maximum absolute atomic E-state index is 13.6. The molecule has 0 bridgehead atoms. The third-order valence-corrected chi connectivity index (χ3v) is 9.92. The summed E-state index contributed by atoms with van der Waals surface area (Å²) >= 11 is 0. The minimum absolute atomic E-state index is 0.0941. The minimum atomic E-state index is -0.182. The first-order valence-corrected chi connectivity index (χ1v) is 12.2. The molecule has 0 radical (unpaired) electrons. The van der Waals surface area contributed by atoms with Crippen molar-refractivity contribution in [3.8, 4) is 0 Å². The Balaban J connectivity index is 1.45. The zero-order valence-corrected chi connectivity index (χ0v) is 19.2. The highest BCUT2D eigenvalue weighted by molar-refractivity contribution is 6.06. The van der Waals surface area contributed by atoms with E-state index in [2.05, 4.69) is 38.1 Å². The van der Waals surface area contributed by atoms with Gasteiger partial charge in [-0.1, -0.05) is 13.8 Å². The van der Waals surface area contributed by atoms with Gasteiger partial charge < -0.3 is 5.11 Å². The first-order valence-electron chi connectivity index (χ1n) is 12.2. The maximum Gasteiger partial charge on any atom is 0.165 e. The summed E-state index contributed by atoms with van der Waals surface area (Å²) in [7, 11) is 0. The van der Waals surface area contributed by atoms with Crippen molar-refractivity contribution in [1.29, 1.82) is 0 Å². The molecule has 0 aliphatic heterocycles. The number of hydrogen-bond donors (Lipinski definition) is 1. The van der Waals surface area contributed by atoms with Crippen molar-refractivity contribution < 1.29 is 9.90 Å². The number of hydrogen-bond acceptors (Lipinski definition) is 3. The van der Waals surface area contributed by atoms with Crippen molar-refractivity contribution in [1.82, 2.24) is 9.78 Å². The summed E-state index contributed by atoms with van der Waals surface area (Å²) in [4.78, 5) is 13.6. The van der Waals surface area contributed by atoms with E-state index in [1.165, 1.54) is 19.3 Å². The number of Topliss-reactive ketones (excluding diaryl/α,β-unsaturated/α-hetero) is 1. The van der Waals surface area contributed by atoms with E-state index in [4.69, 9.17) is 0 Å². The number of rotatable bonds is 2. The second-order valence-corrected chi connectivity index (χ2v) is 11.3. The lowest BCUT2D eigenvalue weighted by Crippen LogP contribution is -2.54. The normalized spacial score (nSPS) is 44.6. The van der Waals surface area contributed by atoms with E-state index in [1.54, 1.807) is 0 Å². The molecule has 1 aromatic heterocycles. The van der Waals surface area contributed by atoms with Gasteiger partial charge in [0.25, 0.3) is 0 Å². The van der Waals surface area contributed by atoms with E-state index >= 15 is 0 Å². The molecule has 4 fully saturated rings. The van der Waals surface area contributed by atoms with Crippen LogP contribution in [-0.2, 0) is 11.3 Å². The zero-order chi connectivity index (χ0) is 21.3. The SMILES string of the molecule is CCn1cc(/C=C2/CC3C4CCC5CC(O)CCC5(C)C4CCC3(C)C2=O)c(C)n1. The molecule has 7 atom stereocenters. The summed E-state index contributed by atoms with van der Waals surface area (Å²) in [5.74, 6) is 2.94. The van der Waals surface area contributed by atoms with Gasteiger partial charge in [0.1, 0.15) is 0 Å². The summed E-state index contributed by atoms with van der Waals surface area (Å²) in [6.07, 6.45) is 12.9. The van der Waals surface area contributed by atoms with Gasteiger partial charge in [0.05, 0.1) is 11.8 Å². The predicted molar refractivity (Wildman–Crippen MR) is 119 cm³/mol. The van der Waals surface area contributed by atoms with E-state index in [0.717, 1.165) is 61.4 Å². The van der Waals surface area contributed by atoms with Crippen LogP contribution in [0.25, 0.3) is 6.08 Å². The number of nitrogens with zero attached hydrogens (tertiary/aromatic N) is 2. The first kappa shape index (κ1) is 20.5. The molecule has 4 nitrogen and oxygen atoms in total. The standard InChI is InChI=1S/C26H38N2O2/c1-5-28-15-18(16(2)27-28)12-17-13-23-21-7-6-19-14-20(29)8-10-25(19,3)22(21)9-11-26(23,4)24(17)30/h12,15,19-23,29H,5-11,13-14H2,1-4H3/b17-12-. The number of carbonyl (C=O) groups excluding carboxylic acids is 1. The molecule has 30 heavy (non-hydrogen) atoms. The van der Waals surface area contributed by atoms with Crippen LogP contribution in [0.3, 0.4) is 0 Å². The van der Waals surface area contributed by atoms with Gasteiger partial charge >= 0.3 is 0 Å². The Kier molecular flexibility index (Phi) is 4.81. The quantitative estimate of drug-likeness (QED) is 0.684. The summed E-state index contributed by atoms with van der Waals surface area (Å²) in [6, 6.07) is 0. The summed E-state index contributed by atoms with van der Waals surface area (Å²) in [6.45, 7) is 9.78. The fourth-order valence-corrected chi connectivity index (χ4v) is 8.06. The summed E-state index contributed by atoms with van der Waals surface area (Å²) < 4.78 is 1.96. The van der Waals surface area contributed by atoms with Crippen LogP contribution < -0.4 is 0 Å². The van der Waals surface area contributed by atoms with Crippen molar-refractivity contribution in [3.05, 3.63) is 23.0 Å². The van der Waals surface area contributed by atoms with Crippen molar-refractivity contribution in [2.24, 2.45) is 34.5 Å². The largest absolute Gasteiger partial charge is 0.393 e. The molecule has 1 aromatic rings. The zero-order valence-electron chi connectivity index (χ0n) is 19.2. The van der Waals surface area contributed by atoms with Crippen molar-refractivity contribution in [3.63, 3.8) is 0 Å². The highest BCUT2D eigenvalue weighted by atomic mass is 16.3. The lowest BCUT2D eigenvalue weighted by Gasteiger charge is -2.59. The van der Waals surface area contributed by atoms with Crippen molar-refractivity contribution in [2.45, 2.75) is 91.7 Å². The third kappa shape index (κ3) is 2.89. The number of allylic oxidation sites excluding steroid dienone is 1. The van der Waals surface area contributed by atoms with Crippen LogP contribution in [0, 0.1) is 41.4 Å². The van der Waals surface area contributed by atoms with Crippen LogP contribution in [0.15, 0.2) is 11.8 Å². The van der Waals surface area contributed by atoms with Crippen molar-refractivity contribution in [2.75, 3.05) is 0 Å². The Labute approximate surface area is 181 Å². The molecule has 0 spiro atoms. The average molecular weight is 411 g/mol. The summed E-state index contributed by atoms with van der Waals surface area (Å²) in [5, 5.41) is 14.8. The second kappa shape index (κ2) is 7.05. The van der Waals surface area contributed by atoms with Crippen LogP contribution in [0.5, 0.6) is 0 Å². The number of ketones is 1. The molecule has 4 heteroatoms. The van der Waals surface area contributed by atoms with Gasteiger partial charge in [-0.15, -0.1) is 0 Å². The molecular formula is C26H38N2O2. The van der Waals surface area contributed by atoms with Gasteiger partial charge in [0, 0.05) is 23.7 Å². The van der Waals surface area contributed by atoms with E-state index in [-0.39, 0.29) is 11.5 Å². The van der Waals surface area contributed by atoms with Crippen LogP contribution in [0.2, 0.25) is 0 Å². The van der Waals surface area contributed by atoms with Crippen LogP contribution in [0.4, 0.5) is 0 Å². The Morgan fingerprint density at radius 2 is 2.00 bits per heavy atom. The van der Waals surface area contributed by atoms with E-state index in [9.17, 15) is 9.90 Å². The molecule has 0 aromatic carbocycles. The molecular weight excluding hydrogens is 372 g/mol. The van der Waals surface area contributed by atoms with Gasteiger partial charge in [0.2, 0.25) is 0 Å². The lowest BCUT2D eigenvalue weighted by atomic mass is 9.45. The molecule has 164 valence electrons. The average Bonchev–Trinajstić information content (AvgIpc) is 3.20. The number of aromatic nitrogens is 2. The minimum Gasteiger partial charge on any atom is -0.393 e. The van der Waals surface area contributed by atoms with Gasteiger partial charge in [-0.3, -0.25) is 9.48 Å². The van der Waals surface area contributed by atoms with E-state index in [0.29, 0.717) is 29.0 Å². The number of carbonyl (C=O) groups is 1. The third-order valence-electron chi connectivity index (χ3n) is 9.92. The Morgan fingerprint density at radius 3 is 2.73 bits per heavy atom. The van der Waals surface area contributed by atoms with Gasteiger partial charge in [0.15, 0.2) is 5.78 Å². The molecule has 1 heterocycles. The van der Waals surface area contributed by atoms with Crippen LogP contribution in [0.1, 0.15) is 83.4 Å². The van der Waals surface area contributed by atoms with E-state index < -0.39 is 0 Å². The summed E-state index contributed by atoms with van der Waals surface area (Å²) in [5.41, 5.74) is 3.34. The molecule has 4 saturated carbocycles. The van der Waals surface area contributed by atoms with Crippen molar-refractivity contribution >= 4 is 11.9 Å². The van der Waals surface area contributed by atoms with Gasteiger partial charge in [-0.2, -0.15) is 5.10 Å². The maximum atomic E-state index is 13.6. The fraction of sp³-hybridized carbons (Fsp3) is 0.769. The molecule has 0 amide bonds. The number of aliphatic hydroxyl groups is 1. The highest BCUT2D eigenvalue weighted by Crippen LogP contribution is 2.66. The molecule has 5 rings (SSSR count). The van der Waals surface area contributed by atoms with Gasteiger partial charge in [-0.05, 0) is 106 Å². The Morgan fingerprint density at radius 1 is 1.20 bits per heavy atom. The van der Waals surface area contributed by atoms with Gasteiger partial charge in [-0.25, -0.2) is 0 Å². The number of aliphatic hydroxyl groups excluding tert-OH is 1. The number of fused-ring (bicyclic) bond motifs is 5. The molecule has 4 aliphatic rings. The highest BCUT2D eigenvalue weighted by Gasteiger charge is 2.61. The predicted octanol–water partition coefficient (Wildman–Crippen LogP) is 5.18. The molecule has 7 unspecified atom stereocenters. The smallest absolute Gasteiger partial charge is 0.165 e. The lowest BCUT2D eigenvalue weighted by molar-refractivity contribution is -0.141. The number of aryl methyl sites for hydroxylation is 2. The Hall–Kier alpha value is -1.42. The molecule has 0 saturated heterocycles. The molecule has 4 aliphatic carbocycles. The topological polar surface area (TPSA) is 55.1 Å². The monoisotopic (exact) mass is 410 g/mol. The molecule has 1 N–H and O–H groups in total. The fourth-order valence-electron chi connectivity index (χ4n) is 8.06. The Bertz CT molecular complexity index is 886. The van der Waals surface area contributed by atoms with Crippen LogP contribution in [-0.4, -0.2) is 26.8 Å². The second-order valence-electron chi connectivity index (χ2n) is 11.3. The van der Waals surface area contributed by atoms with E-state index in [1.807, 2.05) is 11.6 Å². The first-order chi connectivity index (χ1) is 14.3. The van der Waals surface area contributed by atoms with Crippen LogP contribution >= 0.6 is 0 Å².